The third-order valence-corrected chi connectivity index (χ3v) is 1.49. The molecule has 0 bridgehead atoms. The Balaban J connectivity index is 2.38. The zero-order valence-corrected chi connectivity index (χ0v) is 7.89. The van der Waals surface area contributed by atoms with Crippen LogP contribution in [0.4, 0.5) is 0 Å². The molecule has 0 saturated heterocycles. The summed E-state index contributed by atoms with van der Waals surface area (Å²) >= 11 is 0. The Morgan fingerprint density at radius 3 is 3.07 bits per heavy atom. The second kappa shape index (κ2) is 5.33. The van der Waals surface area contributed by atoms with Gasteiger partial charge in [0, 0.05) is 13.0 Å². The molecule has 1 aromatic heterocycles. The van der Waals surface area contributed by atoms with E-state index in [-0.39, 0.29) is 12.3 Å². The van der Waals surface area contributed by atoms with E-state index < -0.39 is 5.97 Å². The molecular weight excluding hydrogens is 188 g/mol. The first-order valence-corrected chi connectivity index (χ1v) is 4.33. The van der Waals surface area contributed by atoms with Crippen LogP contribution in [0.25, 0.3) is 0 Å². The fourth-order valence-corrected chi connectivity index (χ4v) is 0.901. The number of aromatic nitrogens is 2. The summed E-state index contributed by atoms with van der Waals surface area (Å²) in [5.41, 5.74) is 0. The van der Waals surface area contributed by atoms with Gasteiger partial charge in [-0.2, -0.15) is 4.98 Å². The molecule has 6 nitrogen and oxygen atoms in total. The summed E-state index contributed by atoms with van der Waals surface area (Å²) in [6, 6.07) is 0. The fraction of sp³-hybridized carbons (Fsp3) is 0.625. The van der Waals surface area contributed by atoms with Crippen LogP contribution in [0.1, 0.15) is 18.6 Å². The van der Waals surface area contributed by atoms with E-state index in [4.69, 9.17) is 14.4 Å². The Morgan fingerprint density at radius 2 is 2.43 bits per heavy atom. The quantitative estimate of drug-likeness (QED) is 0.663. The van der Waals surface area contributed by atoms with Crippen LogP contribution in [0, 0.1) is 0 Å². The first kappa shape index (κ1) is 10.6. The van der Waals surface area contributed by atoms with Crippen molar-refractivity contribution < 1.29 is 19.2 Å². The van der Waals surface area contributed by atoms with Crippen molar-refractivity contribution in [1.82, 2.24) is 10.1 Å². The zero-order valence-electron chi connectivity index (χ0n) is 7.89. The van der Waals surface area contributed by atoms with Crippen molar-refractivity contribution in [3.05, 3.63) is 11.7 Å². The van der Waals surface area contributed by atoms with Crippen LogP contribution in [0.5, 0.6) is 0 Å². The lowest BCUT2D eigenvalue weighted by molar-refractivity contribution is -0.136. The molecular formula is C8H12N2O4. The number of aliphatic carboxylic acids is 1. The molecule has 0 aromatic carbocycles. The van der Waals surface area contributed by atoms with Crippen molar-refractivity contribution in [2.24, 2.45) is 0 Å². The van der Waals surface area contributed by atoms with Crippen molar-refractivity contribution in [1.29, 1.82) is 0 Å². The number of carbonyl (C=O) groups is 1. The first-order chi connectivity index (χ1) is 6.72. The van der Waals surface area contributed by atoms with Crippen LogP contribution in [-0.4, -0.2) is 34.4 Å². The van der Waals surface area contributed by atoms with Gasteiger partial charge < -0.3 is 14.4 Å². The molecule has 1 aromatic rings. The average Bonchev–Trinajstić information content (AvgIpc) is 2.52. The lowest BCUT2D eigenvalue weighted by Crippen LogP contribution is -2.02. The fourth-order valence-electron chi connectivity index (χ4n) is 0.901. The average molecular weight is 200 g/mol. The summed E-state index contributed by atoms with van der Waals surface area (Å²) < 4.78 is 9.80. The molecule has 0 fully saturated rings. The summed E-state index contributed by atoms with van der Waals surface area (Å²) in [6.07, 6.45) is 0.304. The molecule has 0 unspecified atom stereocenters. The van der Waals surface area contributed by atoms with Crippen molar-refractivity contribution in [2.75, 3.05) is 13.2 Å². The molecule has 0 saturated carbocycles. The molecule has 1 rings (SSSR count). The van der Waals surface area contributed by atoms with Crippen LogP contribution >= 0.6 is 0 Å². The van der Waals surface area contributed by atoms with E-state index in [1.165, 1.54) is 0 Å². The smallest absolute Gasteiger partial charge is 0.312 e. The second-order valence-corrected chi connectivity index (χ2v) is 2.62. The molecule has 0 aliphatic carbocycles. The van der Waals surface area contributed by atoms with Gasteiger partial charge >= 0.3 is 5.97 Å². The van der Waals surface area contributed by atoms with Gasteiger partial charge in [-0.3, -0.25) is 4.79 Å². The van der Waals surface area contributed by atoms with Crippen LogP contribution < -0.4 is 0 Å². The van der Waals surface area contributed by atoms with Gasteiger partial charge in [0.05, 0.1) is 6.61 Å². The Morgan fingerprint density at radius 1 is 1.64 bits per heavy atom. The van der Waals surface area contributed by atoms with Gasteiger partial charge in [0.1, 0.15) is 6.42 Å². The predicted molar refractivity (Wildman–Crippen MR) is 45.8 cm³/mol. The molecule has 0 spiro atoms. The van der Waals surface area contributed by atoms with Crippen LogP contribution in [0.3, 0.4) is 0 Å². The highest BCUT2D eigenvalue weighted by Gasteiger charge is 2.09. The molecule has 0 radical (unpaired) electrons. The Kier molecular flexibility index (Phi) is 4.06. The van der Waals surface area contributed by atoms with Crippen molar-refractivity contribution in [3.63, 3.8) is 0 Å². The molecule has 6 heteroatoms. The van der Waals surface area contributed by atoms with E-state index in [1.807, 2.05) is 6.92 Å². The molecule has 1 heterocycles. The molecule has 14 heavy (non-hydrogen) atoms. The topological polar surface area (TPSA) is 85.5 Å². The van der Waals surface area contributed by atoms with E-state index in [0.29, 0.717) is 25.5 Å². The molecule has 78 valence electrons. The summed E-state index contributed by atoms with van der Waals surface area (Å²) in [5.74, 6) is -0.372. The number of ether oxygens (including phenoxy) is 1. The molecule has 1 N–H and O–H groups in total. The lowest BCUT2D eigenvalue weighted by Gasteiger charge is -1.94. The van der Waals surface area contributed by atoms with E-state index in [2.05, 4.69) is 10.1 Å². The molecule has 0 amide bonds. The van der Waals surface area contributed by atoms with E-state index in [0.717, 1.165) is 0 Å². The van der Waals surface area contributed by atoms with Gasteiger partial charge in [-0.05, 0) is 6.92 Å². The highest BCUT2D eigenvalue weighted by Crippen LogP contribution is 1.99. The number of hydrogen-bond acceptors (Lipinski definition) is 5. The number of rotatable bonds is 6. The highest BCUT2D eigenvalue weighted by atomic mass is 16.5. The summed E-state index contributed by atoms with van der Waals surface area (Å²) in [5, 5.41) is 12.0. The van der Waals surface area contributed by atoms with Gasteiger partial charge in [0.15, 0.2) is 5.82 Å². The third kappa shape index (κ3) is 3.53. The predicted octanol–water partition coefficient (Wildman–Crippen LogP) is 0.276. The van der Waals surface area contributed by atoms with E-state index in [9.17, 15) is 4.79 Å². The SMILES string of the molecule is CCOCCc1noc(CC(=O)O)n1. The largest absolute Gasteiger partial charge is 0.481 e. The normalized spacial score (nSPS) is 10.4. The Labute approximate surface area is 80.9 Å². The van der Waals surface area contributed by atoms with Crippen LogP contribution in [-0.2, 0) is 22.4 Å². The number of hydrogen-bond donors (Lipinski definition) is 1. The minimum absolute atomic E-state index is 0.129. The summed E-state index contributed by atoms with van der Waals surface area (Å²) in [7, 11) is 0. The lowest BCUT2D eigenvalue weighted by atomic mass is 10.4. The van der Waals surface area contributed by atoms with E-state index >= 15 is 0 Å². The monoisotopic (exact) mass is 200 g/mol. The maximum absolute atomic E-state index is 10.3. The van der Waals surface area contributed by atoms with Gasteiger partial charge in [-0.15, -0.1) is 0 Å². The number of nitrogens with zero attached hydrogens (tertiary/aromatic N) is 2. The van der Waals surface area contributed by atoms with Crippen LogP contribution in [0.15, 0.2) is 4.52 Å². The summed E-state index contributed by atoms with van der Waals surface area (Å²) in [6.45, 7) is 3.05. The molecule has 0 aliphatic rings. The Bertz CT molecular complexity index is 297. The van der Waals surface area contributed by atoms with E-state index in [1.54, 1.807) is 0 Å². The minimum Gasteiger partial charge on any atom is -0.481 e. The van der Waals surface area contributed by atoms with Crippen molar-refractivity contribution in [2.45, 2.75) is 19.8 Å². The van der Waals surface area contributed by atoms with Gasteiger partial charge in [0.25, 0.3) is 0 Å². The summed E-state index contributed by atoms with van der Waals surface area (Å²) in [4.78, 5) is 14.2. The zero-order chi connectivity index (χ0) is 10.4. The maximum Gasteiger partial charge on any atom is 0.312 e. The molecule has 0 atom stereocenters. The van der Waals surface area contributed by atoms with Crippen molar-refractivity contribution in [3.8, 4) is 0 Å². The second-order valence-electron chi connectivity index (χ2n) is 2.62. The molecule has 0 aliphatic heterocycles. The third-order valence-electron chi connectivity index (χ3n) is 1.49. The first-order valence-electron chi connectivity index (χ1n) is 4.33. The number of carboxylic acid groups (broad SMARTS) is 1. The standard InChI is InChI=1S/C8H12N2O4/c1-2-13-4-3-6-9-7(14-10-6)5-8(11)12/h2-5H2,1H3,(H,11,12). The highest BCUT2D eigenvalue weighted by molar-refractivity contribution is 5.68. The number of carboxylic acids is 1. The van der Waals surface area contributed by atoms with Gasteiger partial charge in [-0.25, -0.2) is 0 Å². The van der Waals surface area contributed by atoms with Gasteiger partial charge in [-0.1, -0.05) is 5.16 Å². The van der Waals surface area contributed by atoms with Crippen molar-refractivity contribution >= 4 is 5.97 Å². The van der Waals surface area contributed by atoms with Gasteiger partial charge in [0.2, 0.25) is 5.89 Å². The van der Waals surface area contributed by atoms with Crippen LogP contribution in [0.2, 0.25) is 0 Å². The maximum atomic E-state index is 10.3. The Hall–Kier alpha value is -1.43. The minimum atomic E-state index is -0.981.